The molecular weight excluding hydrogens is 432 g/mol. The fraction of sp³-hybridized carbons (Fsp3) is 0.185. The Hall–Kier alpha value is -3.41. The van der Waals surface area contributed by atoms with Crippen LogP contribution in [0.5, 0.6) is 0 Å². The molecule has 0 saturated heterocycles. The SMILES string of the molecule is CN(CCNC(=O)C=Cc1ccc2ccccc2c1)CCNc1ccnc2cc(Cl)ccc12. The topological polar surface area (TPSA) is 57.3 Å². The van der Waals surface area contributed by atoms with Crippen LogP contribution in [0.1, 0.15) is 5.56 Å². The van der Waals surface area contributed by atoms with Crippen molar-refractivity contribution in [3.8, 4) is 0 Å². The molecular formula is C27H27ClN4O. The molecule has 0 saturated carbocycles. The Morgan fingerprint density at radius 1 is 1.00 bits per heavy atom. The largest absolute Gasteiger partial charge is 0.383 e. The van der Waals surface area contributed by atoms with Gasteiger partial charge < -0.3 is 15.5 Å². The number of rotatable bonds is 9. The van der Waals surface area contributed by atoms with Crippen LogP contribution >= 0.6 is 11.6 Å². The predicted molar refractivity (Wildman–Crippen MR) is 139 cm³/mol. The summed E-state index contributed by atoms with van der Waals surface area (Å²) < 4.78 is 0. The van der Waals surface area contributed by atoms with E-state index < -0.39 is 0 Å². The molecule has 1 heterocycles. The highest BCUT2D eigenvalue weighted by atomic mass is 35.5. The van der Waals surface area contributed by atoms with Gasteiger partial charge in [0, 0.05) is 54.5 Å². The van der Waals surface area contributed by atoms with Crippen LogP contribution in [0.25, 0.3) is 27.8 Å². The molecule has 0 radical (unpaired) electrons. The van der Waals surface area contributed by atoms with E-state index in [0.717, 1.165) is 41.8 Å². The van der Waals surface area contributed by atoms with E-state index in [2.05, 4.69) is 44.8 Å². The van der Waals surface area contributed by atoms with Crippen LogP contribution in [-0.4, -0.2) is 49.0 Å². The fourth-order valence-corrected chi connectivity index (χ4v) is 3.85. The van der Waals surface area contributed by atoms with Crippen LogP contribution in [0, 0.1) is 0 Å². The van der Waals surface area contributed by atoms with E-state index in [1.54, 1.807) is 12.3 Å². The number of carbonyl (C=O) groups excluding carboxylic acids is 1. The number of halogens is 1. The highest BCUT2D eigenvalue weighted by Gasteiger charge is 2.04. The van der Waals surface area contributed by atoms with Crippen molar-refractivity contribution in [2.45, 2.75) is 0 Å². The molecule has 4 rings (SSSR count). The summed E-state index contributed by atoms with van der Waals surface area (Å²) in [6.07, 6.45) is 5.22. The number of likely N-dealkylation sites (N-methyl/N-ethyl adjacent to an activating group) is 1. The van der Waals surface area contributed by atoms with Gasteiger partial charge in [-0.1, -0.05) is 48.0 Å². The Kier molecular flexibility index (Phi) is 7.55. The molecule has 0 aliphatic heterocycles. The summed E-state index contributed by atoms with van der Waals surface area (Å²) in [4.78, 5) is 18.7. The van der Waals surface area contributed by atoms with Gasteiger partial charge in [0.05, 0.1) is 5.52 Å². The molecule has 33 heavy (non-hydrogen) atoms. The standard InChI is InChI=1S/C27H27ClN4O/c1-32(16-14-30-25-12-13-29-26-19-23(28)9-10-24(25)26)17-15-31-27(33)11-7-20-6-8-21-4-2-3-5-22(21)18-20/h2-13,18-19H,14-17H2,1H3,(H,29,30)(H,31,33). The number of nitrogens with one attached hydrogen (secondary N) is 2. The molecule has 2 N–H and O–H groups in total. The van der Waals surface area contributed by atoms with Crippen molar-refractivity contribution in [3.63, 3.8) is 0 Å². The van der Waals surface area contributed by atoms with Crippen molar-refractivity contribution in [3.05, 3.63) is 89.6 Å². The number of carbonyl (C=O) groups is 1. The third-order valence-corrected chi connectivity index (χ3v) is 5.74. The molecule has 1 amide bonds. The lowest BCUT2D eigenvalue weighted by atomic mass is 10.1. The molecule has 0 fully saturated rings. The van der Waals surface area contributed by atoms with Gasteiger partial charge in [-0.15, -0.1) is 0 Å². The Morgan fingerprint density at radius 3 is 2.70 bits per heavy atom. The quantitative estimate of drug-likeness (QED) is 0.338. The zero-order valence-electron chi connectivity index (χ0n) is 18.6. The lowest BCUT2D eigenvalue weighted by Gasteiger charge is -2.18. The minimum absolute atomic E-state index is 0.0865. The number of hydrogen-bond donors (Lipinski definition) is 2. The molecule has 168 valence electrons. The van der Waals surface area contributed by atoms with Crippen LogP contribution in [0.2, 0.25) is 5.02 Å². The third kappa shape index (κ3) is 6.31. The van der Waals surface area contributed by atoms with Crippen LogP contribution < -0.4 is 10.6 Å². The summed E-state index contributed by atoms with van der Waals surface area (Å²) in [5.41, 5.74) is 2.93. The van der Waals surface area contributed by atoms with Crippen LogP contribution in [0.4, 0.5) is 5.69 Å². The molecule has 0 atom stereocenters. The van der Waals surface area contributed by atoms with Gasteiger partial charge in [0.15, 0.2) is 0 Å². The van der Waals surface area contributed by atoms with Gasteiger partial charge in [-0.25, -0.2) is 0 Å². The molecule has 0 unspecified atom stereocenters. The Bertz CT molecular complexity index is 1290. The van der Waals surface area contributed by atoms with Gasteiger partial charge >= 0.3 is 0 Å². The van der Waals surface area contributed by atoms with Crippen molar-refractivity contribution < 1.29 is 4.79 Å². The summed E-state index contributed by atoms with van der Waals surface area (Å²) in [7, 11) is 2.04. The van der Waals surface area contributed by atoms with E-state index >= 15 is 0 Å². The Labute approximate surface area is 199 Å². The van der Waals surface area contributed by atoms with Gasteiger partial charge in [0.1, 0.15) is 0 Å². The first-order valence-corrected chi connectivity index (χ1v) is 11.4. The lowest BCUT2D eigenvalue weighted by Crippen LogP contribution is -2.34. The Morgan fingerprint density at radius 2 is 1.82 bits per heavy atom. The number of amides is 1. The van der Waals surface area contributed by atoms with Crippen LogP contribution in [-0.2, 0) is 4.79 Å². The first-order valence-electron chi connectivity index (χ1n) is 11.0. The van der Waals surface area contributed by atoms with Gasteiger partial charge in [-0.2, -0.15) is 0 Å². The monoisotopic (exact) mass is 458 g/mol. The minimum atomic E-state index is -0.0865. The summed E-state index contributed by atoms with van der Waals surface area (Å²) in [5.74, 6) is -0.0865. The van der Waals surface area contributed by atoms with Crippen molar-refractivity contribution in [2.24, 2.45) is 0 Å². The van der Waals surface area contributed by atoms with Crippen molar-refractivity contribution >= 4 is 50.9 Å². The maximum atomic E-state index is 12.2. The number of benzene rings is 3. The second-order valence-corrected chi connectivity index (χ2v) is 8.42. The predicted octanol–water partition coefficient (Wildman–Crippen LogP) is 5.21. The summed E-state index contributed by atoms with van der Waals surface area (Å²) in [6.45, 7) is 2.99. The van der Waals surface area contributed by atoms with Crippen LogP contribution in [0.3, 0.4) is 0 Å². The van der Waals surface area contributed by atoms with E-state index in [1.807, 2.05) is 55.6 Å². The first kappa shape index (κ1) is 22.8. The van der Waals surface area contributed by atoms with Crippen LogP contribution in [0.15, 0.2) is 79.0 Å². The van der Waals surface area contributed by atoms with E-state index in [4.69, 9.17) is 11.6 Å². The number of nitrogens with zero attached hydrogens (tertiary/aromatic N) is 2. The molecule has 4 aromatic rings. The minimum Gasteiger partial charge on any atom is -0.383 e. The van der Waals surface area contributed by atoms with E-state index in [0.29, 0.717) is 11.6 Å². The molecule has 0 aliphatic rings. The van der Waals surface area contributed by atoms with E-state index in [-0.39, 0.29) is 5.91 Å². The summed E-state index contributed by atoms with van der Waals surface area (Å²) in [6, 6.07) is 22.1. The number of aromatic nitrogens is 1. The summed E-state index contributed by atoms with van der Waals surface area (Å²) >= 11 is 6.06. The van der Waals surface area contributed by atoms with Gasteiger partial charge in [0.2, 0.25) is 5.91 Å². The third-order valence-electron chi connectivity index (χ3n) is 5.51. The highest BCUT2D eigenvalue weighted by molar-refractivity contribution is 6.31. The first-order chi connectivity index (χ1) is 16.1. The van der Waals surface area contributed by atoms with Crippen molar-refractivity contribution in [1.82, 2.24) is 15.2 Å². The average Bonchev–Trinajstić information content (AvgIpc) is 2.82. The van der Waals surface area contributed by atoms with Crippen molar-refractivity contribution in [1.29, 1.82) is 0 Å². The second kappa shape index (κ2) is 10.9. The number of hydrogen-bond acceptors (Lipinski definition) is 4. The summed E-state index contributed by atoms with van der Waals surface area (Å²) in [5, 5.41) is 10.5. The maximum absolute atomic E-state index is 12.2. The molecule has 5 nitrogen and oxygen atoms in total. The van der Waals surface area contributed by atoms with Crippen molar-refractivity contribution in [2.75, 3.05) is 38.5 Å². The van der Waals surface area contributed by atoms with Gasteiger partial charge in [-0.05, 0) is 59.8 Å². The second-order valence-electron chi connectivity index (χ2n) is 7.98. The number of anilines is 1. The smallest absolute Gasteiger partial charge is 0.244 e. The highest BCUT2D eigenvalue weighted by Crippen LogP contribution is 2.24. The maximum Gasteiger partial charge on any atom is 0.244 e. The van der Waals surface area contributed by atoms with Gasteiger partial charge in [0.25, 0.3) is 0 Å². The molecule has 6 heteroatoms. The average molecular weight is 459 g/mol. The number of pyridine rings is 1. The fourth-order valence-electron chi connectivity index (χ4n) is 3.68. The molecule has 0 aliphatic carbocycles. The number of fused-ring (bicyclic) bond motifs is 2. The molecule has 1 aromatic heterocycles. The zero-order chi connectivity index (χ0) is 23.0. The normalized spacial score (nSPS) is 11.5. The molecule has 0 bridgehead atoms. The molecule has 0 spiro atoms. The lowest BCUT2D eigenvalue weighted by molar-refractivity contribution is -0.116. The van der Waals surface area contributed by atoms with Gasteiger partial charge in [-0.3, -0.25) is 9.78 Å². The van der Waals surface area contributed by atoms with E-state index in [9.17, 15) is 4.79 Å². The van der Waals surface area contributed by atoms with E-state index in [1.165, 1.54) is 10.8 Å². The molecule has 3 aromatic carbocycles. The zero-order valence-corrected chi connectivity index (χ0v) is 19.3. The Balaban J connectivity index is 1.19.